The highest BCUT2D eigenvalue weighted by atomic mass is 16.5. The summed E-state index contributed by atoms with van der Waals surface area (Å²) in [4.78, 5) is 40.4. The van der Waals surface area contributed by atoms with Crippen molar-refractivity contribution in [3.05, 3.63) is 0 Å². The second-order valence-electron chi connectivity index (χ2n) is 18.7. The maximum Gasteiger partial charge on any atom is 0.306 e. The van der Waals surface area contributed by atoms with Crippen molar-refractivity contribution in [3.8, 4) is 0 Å². The molecule has 342 valence electrons. The Bertz CT molecular complexity index is 855. The fourth-order valence-corrected chi connectivity index (χ4v) is 9.15. The maximum absolute atomic E-state index is 13.0. The van der Waals surface area contributed by atoms with Gasteiger partial charge in [-0.2, -0.15) is 0 Å². The molecule has 0 aromatic rings. The molecule has 1 rings (SSSR count). The Morgan fingerprint density at radius 2 is 0.690 bits per heavy atom. The molecular formula is C52H99NO5. The van der Waals surface area contributed by atoms with Gasteiger partial charge in [-0.15, -0.1) is 0 Å². The van der Waals surface area contributed by atoms with Crippen LogP contribution in [0, 0.1) is 17.8 Å². The van der Waals surface area contributed by atoms with Gasteiger partial charge in [-0.3, -0.25) is 19.3 Å². The first kappa shape index (κ1) is 54.6. The zero-order valence-electron chi connectivity index (χ0n) is 39.4. The second kappa shape index (κ2) is 40.9. The van der Waals surface area contributed by atoms with Crippen LogP contribution in [-0.2, 0) is 23.9 Å². The van der Waals surface area contributed by atoms with Gasteiger partial charge in [0.1, 0.15) is 5.78 Å². The van der Waals surface area contributed by atoms with E-state index in [1.54, 1.807) is 0 Å². The number of carbonyl (C=O) groups excluding carboxylic acids is 3. The summed E-state index contributed by atoms with van der Waals surface area (Å²) in [6.07, 6.45) is 43.2. The topological polar surface area (TPSA) is 72.9 Å². The highest BCUT2D eigenvalue weighted by Gasteiger charge is 2.19. The summed E-state index contributed by atoms with van der Waals surface area (Å²) in [7, 11) is 0. The number of esters is 2. The highest BCUT2D eigenvalue weighted by Crippen LogP contribution is 2.25. The average molecular weight is 818 g/mol. The van der Waals surface area contributed by atoms with Gasteiger partial charge in [0.2, 0.25) is 0 Å². The molecule has 1 heterocycles. The Kier molecular flexibility index (Phi) is 38.5. The van der Waals surface area contributed by atoms with E-state index in [0.29, 0.717) is 56.1 Å². The van der Waals surface area contributed by atoms with Crippen LogP contribution in [0.5, 0.6) is 0 Å². The summed E-state index contributed by atoms with van der Waals surface area (Å²) >= 11 is 0. The van der Waals surface area contributed by atoms with Gasteiger partial charge in [0.05, 0.1) is 19.8 Å². The number of carbonyl (C=O) groups is 3. The van der Waals surface area contributed by atoms with Crippen LogP contribution in [0.15, 0.2) is 0 Å². The Hall–Kier alpha value is -1.43. The molecule has 1 aliphatic rings. The molecule has 0 atom stereocenters. The van der Waals surface area contributed by atoms with Crippen molar-refractivity contribution in [2.75, 3.05) is 32.8 Å². The van der Waals surface area contributed by atoms with Crippen molar-refractivity contribution >= 4 is 17.7 Å². The molecule has 0 radical (unpaired) electrons. The molecule has 0 saturated carbocycles. The van der Waals surface area contributed by atoms with Gasteiger partial charge < -0.3 is 9.47 Å². The lowest BCUT2D eigenvalue weighted by atomic mass is 9.90. The summed E-state index contributed by atoms with van der Waals surface area (Å²) in [6, 6.07) is 0. The van der Waals surface area contributed by atoms with Gasteiger partial charge in [0, 0.05) is 19.3 Å². The minimum absolute atomic E-state index is 0.0205. The molecule has 0 bridgehead atoms. The normalized spacial score (nSPS) is 13.4. The number of Topliss-reactive ketones (excluding diaryl/α,β-unsaturated/α-hetero) is 1. The van der Waals surface area contributed by atoms with Crippen LogP contribution in [0.3, 0.4) is 0 Å². The fourth-order valence-electron chi connectivity index (χ4n) is 9.15. The zero-order valence-corrected chi connectivity index (χ0v) is 39.4. The lowest BCUT2D eigenvalue weighted by Crippen LogP contribution is -2.28. The molecule has 0 aliphatic carbocycles. The van der Waals surface area contributed by atoms with Crippen molar-refractivity contribution in [3.63, 3.8) is 0 Å². The van der Waals surface area contributed by atoms with Gasteiger partial charge in [0.15, 0.2) is 0 Å². The minimum Gasteiger partial charge on any atom is -0.466 e. The monoisotopic (exact) mass is 818 g/mol. The quantitative estimate of drug-likeness (QED) is 0.0450. The van der Waals surface area contributed by atoms with Crippen molar-refractivity contribution in [2.24, 2.45) is 17.8 Å². The van der Waals surface area contributed by atoms with E-state index < -0.39 is 0 Å². The molecule has 1 aliphatic heterocycles. The second-order valence-corrected chi connectivity index (χ2v) is 18.7. The van der Waals surface area contributed by atoms with Crippen molar-refractivity contribution in [1.82, 2.24) is 4.90 Å². The first-order valence-electron chi connectivity index (χ1n) is 26.0. The Morgan fingerprint density at radius 1 is 0.397 bits per heavy atom. The number of ketones is 1. The first-order valence-corrected chi connectivity index (χ1v) is 26.0. The largest absolute Gasteiger partial charge is 0.466 e. The molecule has 1 saturated heterocycles. The summed E-state index contributed by atoms with van der Waals surface area (Å²) < 4.78 is 11.3. The van der Waals surface area contributed by atoms with Crippen LogP contribution in [0.25, 0.3) is 0 Å². The molecule has 0 unspecified atom stereocenters. The van der Waals surface area contributed by atoms with E-state index >= 15 is 0 Å². The molecule has 6 heteroatoms. The number of unbranched alkanes of at least 4 members (excludes halogenated alkanes) is 20. The van der Waals surface area contributed by atoms with Crippen LogP contribution >= 0.6 is 0 Å². The van der Waals surface area contributed by atoms with Crippen LogP contribution in [0.1, 0.15) is 265 Å². The van der Waals surface area contributed by atoms with Crippen molar-refractivity contribution < 1.29 is 23.9 Å². The van der Waals surface area contributed by atoms with Gasteiger partial charge in [-0.25, -0.2) is 0 Å². The summed E-state index contributed by atoms with van der Waals surface area (Å²) in [6.45, 7) is 13.0. The average Bonchev–Trinajstić information content (AvgIpc) is 3.72. The highest BCUT2D eigenvalue weighted by molar-refractivity contribution is 5.80. The van der Waals surface area contributed by atoms with Gasteiger partial charge in [-0.05, 0) is 82.2 Å². The Labute approximate surface area is 361 Å². The van der Waals surface area contributed by atoms with E-state index in [0.717, 1.165) is 45.2 Å². The SMILES string of the molecule is CCCCCC(CCCCC)CC(=O)OCCCCCCCCCC(CCCCCCCCCOC(=O)CC(CCCCC)CCCCC)CC(=O)CN1CCCC1. The van der Waals surface area contributed by atoms with Crippen molar-refractivity contribution in [1.29, 1.82) is 0 Å². The third-order valence-corrected chi connectivity index (χ3v) is 12.9. The Morgan fingerprint density at radius 3 is 1.03 bits per heavy atom. The van der Waals surface area contributed by atoms with Gasteiger partial charge in [-0.1, -0.05) is 195 Å². The molecule has 0 aromatic heterocycles. The third kappa shape index (κ3) is 34.3. The maximum atomic E-state index is 13.0. The number of rotatable bonds is 44. The van der Waals surface area contributed by atoms with Crippen LogP contribution in [0.2, 0.25) is 0 Å². The summed E-state index contributed by atoms with van der Waals surface area (Å²) in [5.74, 6) is 2.04. The van der Waals surface area contributed by atoms with E-state index in [1.165, 1.54) is 193 Å². The standard InChI is InChI=1S/C52H99NO5/c1-5-9-23-33-48(34-24-10-6-2)44-51(55)57-41-31-21-17-13-15-19-27-37-47(43-50(54)46-53-39-29-30-40-53)38-28-20-16-14-18-22-32-42-58-52(56)45-49(35-25-11-7-3)36-26-12-8-4/h47-49H,5-46H2,1-4H3. The van der Waals surface area contributed by atoms with Crippen LogP contribution < -0.4 is 0 Å². The number of ether oxygens (including phenoxy) is 2. The van der Waals surface area contributed by atoms with Crippen molar-refractivity contribution in [2.45, 2.75) is 265 Å². The predicted molar refractivity (Wildman–Crippen MR) is 247 cm³/mol. The third-order valence-electron chi connectivity index (χ3n) is 12.9. The summed E-state index contributed by atoms with van der Waals surface area (Å²) in [5, 5.41) is 0. The molecule has 0 spiro atoms. The molecule has 0 N–H and O–H groups in total. The van der Waals surface area contributed by atoms with E-state index in [-0.39, 0.29) is 11.9 Å². The lowest BCUT2D eigenvalue weighted by molar-refractivity contribution is -0.146. The van der Waals surface area contributed by atoms with E-state index in [1.807, 2.05) is 0 Å². The predicted octanol–water partition coefficient (Wildman–Crippen LogP) is 15.3. The van der Waals surface area contributed by atoms with E-state index in [2.05, 4.69) is 32.6 Å². The molecular weight excluding hydrogens is 719 g/mol. The molecule has 6 nitrogen and oxygen atoms in total. The fraction of sp³-hybridized carbons (Fsp3) is 0.942. The van der Waals surface area contributed by atoms with Crippen LogP contribution in [-0.4, -0.2) is 55.5 Å². The molecule has 0 amide bonds. The zero-order chi connectivity index (χ0) is 42.2. The molecule has 0 aromatic carbocycles. The van der Waals surface area contributed by atoms with Crippen LogP contribution in [0.4, 0.5) is 0 Å². The number of nitrogens with zero attached hydrogens (tertiary/aromatic N) is 1. The first-order chi connectivity index (χ1) is 28.4. The molecule has 58 heavy (non-hydrogen) atoms. The number of hydrogen-bond acceptors (Lipinski definition) is 6. The van der Waals surface area contributed by atoms with E-state index in [4.69, 9.17) is 9.47 Å². The van der Waals surface area contributed by atoms with Gasteiger partial charge >= 0.3 is 11.9 Å². The lowest BCUT2D eigenvalue weighted by Gasteiger charge is -2.19. The number of likely N-dealkylation sites (tertiary alicyclic amines) is 1. The summed E-state index contributed by atoms with van der Waals surface area (Å²) in [5.41, 5.74) is 0. The van der Waals surface area contributed by atoms with Gasteiger partial charge in [0.25, 0.3) is 0 Å². The minimum atomic E-state index is 0.0205. The molecule has 1 fully saturated rings. The number of hydrogen-bond donors (Lipinski definition) is 0. The Balaban J connectivity index is 2.21. The van der Waals surface area contributed by atoms with E-state index in [9.17, 15) is 14.4 Å². The smallest absolute Gasteiger partial charge is 0.306 e.